The number of aliphatic hydroxyl groups excluding tert-OH is 1. The summed E-state index contributed by atoms with van der Waals surface area (Å²) < 4.78 is 14.3. The highest BCUT2D eigenvalue weighted by molar-refractivity contribution is 5.34. The number of hydrogen-bond donors (Lipinski definition) is 1. The normalized spacial score (nSPS) is 44.8. The molecule has 4 rings (SSSR count). The van der Waals surface area contributed by atoms with E-state index >= 15 is 0 Å². The molecule has 1 aromatic carbocycles. The molecule has 3 aliphatic rings. The van der Waals surface area contributed by atoms with Gasteiger partial charge in [0, 0.05) is 5.41 Å². The van der Waals surface area contributed by atoms with Crippen molar-refractivity contribution in [1.82, 2.24) is 0 Å². The van der Waals surface area contributed by atoms with Crippen LogP contribution < -0.4 is 0 Å². The average Bonchev–Trinajstić information content (AvgIpc) is 2.79. The Balaban J connectivity index is 1.72. The number of alkyl halides is 1. The second kappa shape index (κ2) is 4.81. The van der Waals surface area contributed by atoms with Crippen LogP contribution in [0.3, 0.4) is 0 Å². The predicted octanol–water partition coefficient (Wildman–Crippen LogP) is 4.04. The lowest BCUT2D eigenvalue weighted by molar-refractivity contribution is -0.0520. The third kappa shape index (κ3) is 1.78. The maximum Gasteiger partial charge on any atom is 0.127 e. The van der Waals surface area contributed by atoms with Crippen LogP contribution in [-0.2, 0) is 6.42 Å². The number of fused-ring (bicyclic) bond motifs is 5. The predicted molar refractivity (Wildman–Crippen MR) is 80.8 cm³/mol. The van der Waals surface area contributed by atoms with E-state index in [1.807, 2.05) is 6.07 Å². The van der Waals surface area contributed by atoms with Crippen LogP contribution in [0.25, 0.3) is 0 Å². The quantitative estimate of drug-likeness (QED) is 0.826. The summed E-state index contributed by atoms with van der Waals surface area (Å²) in [5.74, 6) is 1.50. The van der Waals surface area contributed by atoms with E-state index in [0.29, 0.717) is 24.2 Å². The van der Waals surface area contributed by atoms with Gasteiger partial charge in [-0.25, -0.2) is 4.39 Å². The molecular formula is C19H24FO. The highest BCUT2D eigenvalue weighted by Crippen LogP contribution is 2.62. The van der Waals surface area contributed by atoms with Gasteiger partial charge >= 0.3 is 0 Å². The third-order valence-electron chi connectivity index (χ3n) is 6.90. The third-order valence-corrected chi connectivity index (χ3v) is 6.90. The molecule has 0 amide bonds. The molecule has 0 aromatic heterocycles. The topological polar surface area (TPSA) is 20.2 Å². The van der Waals surface area contributed by atoms with Gasteiger partial charge in [0.1, 0.15) is 6.17 Å². The van der Waals surface area contributed by atoms with Crippen molar-refractivity contribution in [2.75, 3.05) is 0 Å². The van der Waals surface area contributed by atoms with E-state index in [2.05, 4.69) is 25.1 Å². The lowest BCUT2D eigenvalue weighted by atomic mass is 9.54. The highest BCUT2D eigenvalue weighted by atomic mass is 19.1. The van der Waals surface area contributed by atoms with Gasteiger partial charge in [-0.1, -0.05) is 25.1 Å². The molecule has 6 atom stereocenters. The van der Waals surface area contributed by atoms with Gasteiger partial charge in [0.2, 0.25) is 0 Å². The van der Waals surface area contributed by atoms with Crippen molar-refractivity contribution in [2.24, 2.45) is 17.3 Å². The molecule has 113 valence electrons. The van der Waals surface area contributed by atoms with Gasteiger partial charge in [0.15, 0.2) is 0 Å². The molecule has 0 heterocycles. The number of aliphatic hydroxyl groups is 1. The van der Waals surface area contributed by atoms with Crippen LogP contribution in [0.4, 0.5) is 4.39 Å². The van der Waals surface area contributed by atoms with Gasteiger partial charge in [-0.3, -0.25) is 0 Å². The molecule has 3 aliphatic carbocycles. The van der Waals surface area contributed by atoms with E-state index in [1.165, 1.54) is 11.1 Å². The first-order chi connectivity index (χ1) is 10.2. The zero-order valence-electron chi connectivity index (χ0n) is 12.7. The Hall–Kier alpha value is -0.890. The minimum Gasteiger partial charge on any atom is -0.390 e. The summed E-state index contributed by atoms with van der Waals surface area (Å²) in [6.45, 7) is 2.14. The second-order valence-corrected chi connectivity index (χ2v) is 7.36. The minimum absolute atomic E-state index is 0.154. The van der Waals surface area contributed by atoms with Crippen molar-refractivity contribution in [1.29, 1.82) is 0 Å². The number of benzene rings is 1. The zero-order valence-corrected chi connectivity index (χ0v) is 12.7. The summed E-state index contributed by atoms with van der Waals surface area (Å²) in [7, 11) is 0. The fourth-order valence-corrected chi connectivity index (χ4v) is 5.85. The Labute approximate surface area is 126 Å². The first-order valence-corrected chi connectivity index (χ1v) is 8.48. The Bertz CT molecular complexity index is 542. The van der Waals surface area contributed by atoms with Crippen molar-refractivity contribution in [3.63, 3.8) is 0 Å². The molecule has 1 N–H and O–H groups in total. The minimum atomic E-state index is -1.01. The molecule has 1 radical (unpaired) electrons. The van der Waals surface area contributed by atoms with Crippen LogP contribution in [-0.4, -0.2) is 17.4 Å². The second-order valence-electron chi connectivity index (χ2n) is 7.36. The van der Waals surface area contributed by atoms with Crippen molar-refractivity contribution in [2.45, 2.75) is 63.6 Å². The molecule has 2 heteroatoms. The summed E-state index contributed by atoms with van der Waals surface area (Å²) in [5, 5.41) is 10.4. The monoisotopic (exact) mass is 287 g/mol. The van der Waals surface area contributed by atoms with E-state index < -0.39 is 12.3 Å². The number of hydrogen-bond acceptors (Lipinski definition) is 1. The van der Waals surface area contributed by atoms with E-state index in [1.54, 1.807) is 0 Å². The van der Waals surface area contributed by atoms with Gasteiger partial charge in [-0.15, -0.1) is 0 Å². The zero-order chi connectivity index (χ0) is 14.6. The largest absolute Gasteiger partial charge is 0.390 e. The smallest absolute Gasteiger partial charge is 0.127 e. The molecule has 0 aliphatic heterocycles. The number of halogens is 1. The lowest BCUT2D eigenvalue weighted by Crippen LogP contribution is -2.46. The van der Waals surface area contributed by atoms with Crippen LogP contribution in [0.1, 0.15) is 56.1 Å². The molecule has 2 saturated carbocycles. The van der Waals surface area contributed by atoms with Gasteiger partial charge < -0.3 is 5.11 Å². The highest BCUT2D eigenvalue weighted by Gasteiger charge is 2.59. The Morgan fingerprint density at radius 2 is 2.29 bits per heavy atom. The Morgan fingerprint density at radius 1 is 1.43 bits per heavy atom. The Kier molecular flexibility index (Phi) is 3.15. The van der Waals surface area contributed by atoms with Crippen molar-refractivity contribution < 1.29 is 9.50 Å². The summed E-state index contributed by atoms with van der Waals surface area (Å²) in [6.07, 6.45) is 4.07. The summed E-state index contributed by atoms with van der Waals surface area (Å²) >= 11 is 0. The fourth-order valence-electron chi connectivity index (χ4n) is 5.85. The molecule has 21 heavy (non-hydrogen) atoms. The van der Waals surface area contributed by atoms with Crippen LogP contribution in [0, 0.1) is 23.3 Å². The van der Waals surface area contributed by atoms with E-state index in [0.717, 1.165) is 32.1 Å². The van der Waals surface area contributed by atoms with Crippen LogP contribution in [0.2, 0.25) is 0 Å². The van der Waals surface area contributed by atoms with Crippen LogP contribution in [0.5, 0.6) is 0 Å². The fraction of sp³-hybridized carbons (Fsp3) is 0.684. The van der Waals surface area contributed by atoms with Crippen molar-refractivity contribution in [3.8, 4) is 0 Å². The van der Waals surface area contributed by atoms with E-state index in [-0.39, 0.29) is 5.41 Å². The van der Waals surface area contributed by atoms with Crippen molar-refractivity contribution >= 4 is 0 Å². The van der Waals surface area contributed by atoms with Gasteiger partial charge in [0.05, 0.1) is 6.10 Å². The molecule has 2 fully saturated rings. The van der Waals surface area contributed by atoms with Gasteiger partial charge in [0.25, 0.3) is 0 Å². The number of rotatable bonds is 1. The molecule has 1 nitrogen and oxygen atoms in total. The maximum absolute atomic E-state index is 14.3. The average molecular weight is 287 g/mol. The summed E-state index contributed by atoms with van der Waals surface area (Å²) in [4.78, 5) is 0. The van der Waals surface area contributed by atoms with Gasteiger partial charge in [-0.2, -0.15) is 0 Å². The molecule has 0 bridgehead atoms. The molecule has 0 saturated heterocycles. The van der Waals surface area contributed by atoms with E-state index in [4.69, 9.17) is 0 Å². The van der Waals surface area contributed by atoms with Crippen LogP contribution in [0.15, 0.2) is 18.2 Å². The summed E-state index contributed by atoms with van der Waals surface area (Å²) in [6, 6.07) is 9.57. The standard InChI is InChI=1S/C19H24FO/c1-2-19-10-9-14-13-6-4-3-5-12(13)7-8-15(14)16(19)11-17(20)18(19)21/h4-6,14-18,21H,2,7-11H2,1H3/t14-,15-,16+,17-,18+,19+/m1/s1. The summed E-state index contributed by atoms with van der Waals surface area (Å²) in [5.41, 5.74) is 2.77. The Morgan fingerprint density at radius 3 is 3.10 bits per heavy atom. The SMILES string of the molecule is CC[C@]12CC[C@@H]3c4cc[c]cc4CC[C@H]3[C@@H]1C[C@@H](F)[C@@H]2O. The van der Waals surface area contributed by atoms with Gasteiger partial charge in [-0.05, 0) is 73.5 Å². The van der Waals surface area contributed by atoms with Crippen LogP contribution >= 0.6 is 0 Å². The molecule has 0 unspecified atom stereocenters. The lowest BCUT2D eigenvalue weighted by Gasteiger charge is -2.51. The first kappa shape index (κ1) is 13.8. The maximum atomic E-state index is 14.3. The molecule has 0 spiro atoms. The first-order valence-electron chi connectivity index (χ1n) is 8.48. The van der Waals surface area contributed by atoms with Crippen molar-refractivity contribution in [3.05, 3.63) is 35.4 Å². The molecule has 1 aromatic rings. The van der Waals surface area contributed by atoms with E-state index in [9.17, 15) is 9.50 Å². The molecular weight excluding hydrogens is 263 g/mol. The number of aryl methyl sites for hydroxylation is 1.